The van der Waals surface area contributed by atoms with E-state index in [0.29, 0.717) is 12.4 Å². The second kappa shape index (κ2) is 5.38. The summed E-state index contributed by atoms with van der Waals surface area (Å²) in [4.78, 5) is 8.62. The molecule has 0 saturated heterocycles. The summed E-state index contributed by atoms with van der Waals surface area (Å²) in [5, 5.41) is 4.49. The first-order valence-corrected chi connectivity index (χ1v) is 6.60. The molecule has 0 aliphatic rings. The number of hydrogen-bond donors (Lipinski definition) is 0. The maximum atomic E-state index is 5.48. The number of nitrogens with zero attached hydrogens (tertiary/aromatic N) is 4. The van der Waals surface area contributed by atoms with Crippen LogP contribution >= 0.6 is 0 Å². The van der Waals surface area contributed by atoms with Crippen molar-refractivity contribution in [3.05, 3.63) is 48.7 Å². The van der Waals surface area contributed by atoms with E-state index in [1.165, 1.54) is 0 Å². The van der Waals surface area contributed by atoms with Crippen LogP contribution in [0.5, 0.6) is 0 Å². The lowest BCUT2D eigenvalue weighted by atomic mass is 10.2. The molecule has 0 N–H and O–H groups in total. The minimum atomic E-state index is 0.178. The molecule has 0 saturated carbocycles. The van der Waals surface area contributed by atoms with Gasteiger partial charge in [-0.05, 0) is 32.0 Å². The summed E-state index contributed by atoms with van der Waals surface area (Å²) in [6.45, 7) is 4.42. The highest BCUT2D eigenvalue weighted by atomic mass is 16.5. The lowest BCUT2D eigenvalue weighted by Gasteiger charge is -2.05. The summed E-state index contributed by atoms with van der Waals surface area (Å²) in [6, 6.07) is 7.97. The number of hydrogen-bond acceptors (Lipinski definition) is 4. The Balaban J connectivity index is 1.83. The Hall–Kier alpha value is -2.27. The molecule has 102 valence electrons. The van der Waals surface area contributed by atoms with E-state index in [0.717, 1.165) is 16.8 Å². The minimum Gasteiger partial charge on any atom is -0.371 e. The molecule has 3 heterocycles. The van der Waals surface area contributed by atoms with Gasteiger partial charge in [-0.3, -0.25) is 0 Å². The number of rotatable bonds is 4. The third-order valence-corrected chi connectivity index (χ3v) is 2.92. The summed E-state index contributed by atoms with van der Waals surface area (Å²) in [7, 11) is 0. The van der Waals surface area contributed by atoms with E-state index in [-0.39, 0.29) is 6.10 Å². The highest BCUT2D eigenvalue weighted by molar-refractivity contribution is 5.64. The first-order chi connectivity index (χ1) is 9.72. The molecule has 3 rings (SSSR count). The molecule has 0 aliphatic carbocycles. The molecule has 0 aromatic carbocycles. The van der Waals surface area contributed by atoms with Crippen LogP contribution in [0.25, 0.3) is 16.8 Å². The van der Waals surface area contributed by atoms with Crippen LogP contribution in [0.15, 0.2) is 42.9 Å². The first kappa shape index (κ1) is 12.7. The fourth-order valence-electron chi connectivity index (χ4n) is 1.88. The molecule has 0 fully saturated rings. The molecule has 0 aliphatic heterocycles. The average Bonchev–Trinajstić information content (AvgIpc) is 2.89. The summed E-state index contributed by atoms with van der Waals surface area (Å²) in [5.74, 6) is 0.686. The first-order valence-electron chi connectivity index (χ1n) is 6.60. The fraction of sp³-hybridized carbons (Fsp3) is 0.267. The standard InChI is InChI=1S/C15H16N4O/c1-11(2)20-10-15-16-8-12(9-17-15)14-7-13-5-3-4-6-19(13)18-14/h3-9,11H,10H2,1-2H3. The lowest BCUT2D eigenvalue weighted by molar-refractivity contribution is 0.0613. The number of fused-ring (bicyclic) bond motifs is 1. The quantitative estimate of drug-likeness (QED) is 0.730. The smallest absolute Gasteiger partial charge is 0.153 e. The molecular formula is C15H16N4O. The van der Waals surface area contributed by atoms with Crippen molar-refractivity contribution >= 4 is 5.52 Å². The van der Waals surface area contributed by atoms with E-state index >= 15 is 0 Å². The molecule has 3 aromatic heterocycles. The van der Waals surface area contributed by atoms with E-state index in [2.05, 4.69) is 15.1 Å². The topological polar surface area (TPSA) is 52.3 Å². The Labute approximate surface area is 117 Å². The Kier molecular flexibility index (Phi) is 3.43. The van der Waals surface area contributed by atoms with Crippen LogP contribution in [-0.4, -0.2) is 25.7 Å². The SMILES string of the molecule is CC(C)OCc1ncc(-c2cc3ccccn3n2)cn1. The lowest BCUT2D eigenvalue weighted by Crippen LogP contribution is -2.05. The maximum Gasteiger partial charge on any atom is 0.153 e. The van der Waals surface area contributed by atoms with Gasteiger partial charge in [0.25, 0.3) is 0 Å². The van der Waals surface area contributed by atoms with Crippen molar-refractivity contribution in [1.82, 2.24) is 19.6 Å². The monoisotopic (exact) mass is 268 g/mol. The van der Waals surface area contributed by atoms with E-state index < -0.39 is 0 Å². The van der Waals surface area contributed by atoms with Crippen LogP contribution in [0.1, 0.15) is 19.7 Å². The molecule has 5 nitrogen and oxygen atoms in total. The highest BCUT2D eigenvalue weighted by Gasteiger charge is 2.06. The third-order valence-electron chi connectivity index (χ3n) is 2.92. The van der Waals surface area contributed by atoms with Gasteiger partial charge in [-0.25, -0.2) is 14.5 Å². The molecular weight excluding hydrogens is 252 g/mol. The molecule has 20 heavy (non-hydrogen) atoms. The predicted molar refractivity (Wildman–Crippen MR) is 76.1 cm³/mol. The highest BCUT2D eigenvalue weighted by Crippen LogP contribution is 2.18. The van der Waals surface area contributed by atoms with Crippen LogP contribution in [0, 0.1) is 0 Å². The fourth-order valence-corrected chi connectivity index (χ4v) is 1.88. The normalized spacial score (nSPS) is 11.3. The largest absolute Gasteiger partial charge is 0.371 e. The van der Waals surface area contributed by atoms with Gasteiger partial charge in [-0.15, -0.1) is 0 Å². The molecule has 0 radical (unpaired) electrons. The van der Waals surface area contributed by atoms with Crippen LogP contribution < -0.4 is 0 Å². The van der Waals surface area contributed by atoms with Gasteiger partial charge in [0.05, 0.1) is 17.3 Å². The number of pyridine rings is 1. The molecule has 5 heteroatoms. The van der Waals surface area contributed by atoms with Crippen molar-refractivity contribution in [2.45, 2.75) is 26.6 Å². The molecule has 0 unspecified atom stereocenters. The van der Waals surface area contributed by atoms with Crippen molar-refractivity contribution in [2.24, 2.45) is 0 Å². The van der Waals surface area contributed by atoms with E-state index in [4.69, 9.17) is 4.74 Å². The summed E-state index contributed by atoms with van der Waals surface area (Å²) >= 11 is 0. The molecule has 0 atom stereocenters. The second-order valence-electron chi connectivity index (χ2n) is 4.85. The van der Waals surface area contributed by atoms with Gasteiger partial charge in [-0.1, -0.05) is 6.07 Å². The number of ether oxygens (including phenoxy) is 1. The van der Waals surface area contributed by atoms with Crippen molar-refractivity contribution in [2.75, 3.05) is 0 Å². The Morgan fingerprint density at radius 3 is 2.70 bits per heavy atom. The van der Waals surface area contributed by atoms with Crippen molar-refractivity contribution in [3.8, 4) is 11.3 Å². The van der Waals surface area contributed by atoms with Gasteiger partial charge in [0.1, 0.15) is 6.61 Å². The summed E-state index contributed by atoms with van der Waals surface area (Å²) in [6.07, 6.45) is 5.67. The van der Waals surface area contributed by atoms with Gasteiger partial charge in [0.15, 0.2) is 5.82 Å². The zero-order valence-electron chi connectivity index (χ0n) is 11.5. The minimum absolute atomic E-state index is 0.178. The van der Waals surface area contributed by atoms with Gasteiger partial charge in [-0.2, -0.15) is 5.10 Å². The average molecular weight is 268 g/mol. The zero-order chi connectivity index (χ0) is 13.9. The van der Waals surface area contributed by atoms with E-state index in [1.807, 2.05) is 48.8 Å². The van der Waals surface area contributed by atoms with Gasteiger partial charge >= 0.3 is 0 Å². The maximum absolute atomic E-state index is 5.48. The van der Waals surface area contributed by atoms with Crippen molar-refractivity contribution in [3.63, 3.8) is 0 Å². The van der Waals surface area contributed by atoms with Crippen molar-refractivity contribution < 1.29 is 4.74 Å². The van der Waals surface area contributed by atoms with Crippen LogP contribution in [0.4, 0.5) is 0 Å². The van der Waals surface area contributed by atoms with Gasteiger partial charge in [0.2, 0.25) is 0 Å². The van der Waals surface area contributed by atoms with E-state index in [1.54, 1.807) is 12.4 Å². The molecule has 0 bridgehead atoms. The van der Waals surface area contributed by atoms with Gasteiger partial charge < -0.3 is 4.74 Å². The Bertz CT molecular complexity index is 670. The van der Waals surface area contributed by atoms with Crippen LogP contribution in [-0.2, 0) is 11.3 Å². The Morgan fingerprint density at radius 2 is 2.00 bits per heavy atom. The number of aromatic nitrogens is 4. The zero-order valence-corrected chi connectivity index (χ0v) is 11.5. The second-order valence-corrected chi connectivity index (χ2v) is 4.85. The predicted octanol–water partition coefficient (Wildman–Crippen LogP) is 2.72. The molecule has 0 amide bonds. The third kappa shape index (κ3) is 2.67. The summed E-state index contributed by atoms with van der Waals surface area (Å²) < 4.78 is 7.32. The molecule has 3 aromatic rings. The molecule has 0 spiro atoms. The van der Waals surface area contributed by atoms with E-state index in [9.17, 15) is 0 Å². The summed E-state index contributed by atoms with van der Waals surface area (Å²) in [5.41, 5.74) is 2.82. The van der Waals surface area contributed by atoms with Gasteiger partial charge in [0, 0.05) is 24.2 Å². The van der Waals surface area contributed by atoms with Crippen LogP contribution in [0.2, 0.25) is 0 Å². The Morgan fingerprint density at radius 1 is 1.20 bits per heavy atom. The van der Waals surface area contributed by atoms with Crippen LogP contribution in [0.3, 0.4) is 0 Å². The van der Waals surface area contributed by atoms with Crippen molar-refractivity contribution in [1.29, 1.82) is 0 Å².